The Balaban J connectivity index is 0.00000364. The van der Waals surface area contributed by atoms with Gasteiger partial charge in [0, 0.05) is 18.7 Å². The molecule has 0 heterocycles. The van der Waals surface area contributed by atoms with Gasteiger partial charge in [0.05, 0.1) is 10.6 Å². The quantitative estimate of drug-likeness (QED) is 0.622. The molecule has 0 fully saturated rings. The van der Waals surface area contributed by atoms with Gasteiger partial charge in [-0.15, -0.1) is 12.4 Å². The van der Waals surface area contributed by atoms with Gasteiger partial charge in [0.2, 0.25) is 0 Å². The lowest BCUT2D eigenvalue weighted by Gasteiger charge is -2.23. The van der Waals surface area contributed by atoms with Crippen LogP contribution in [0.4, 0.5) is 5.69 Å². The van der Waals surface area contributed by atoms with Gasteiger partial charge in [0.1, 0.15) is 0 Å². The Morgan fingerprint density at radius 1 is 1.04 bits per heavy atom. The van der Waals surface area contributed by atoms with Gasteiger partial charge in [0.15, 0.2) is 0 Å². The number of para-hydroxylation sites is 1. The molecule has 2 aromatic carbocycles. The largest absolute Gasteiger partial charge is 0.352 e. The molecule has 0 aliphatic heterocycles. The lowest BCUT2D eigenvalue weighted by Crippen LogP contribution is -2.31. The maximum Gasteiger partial charge on any atom is 0.264 e. The smallest absolute Gasteiger partial charge is 0.264 e. The van der Waals surface area contributed by atoms with Crippen LogP contribution in [0.1, 0.15) is 23.7 Å². The number of hydrogen-bond donors (Lipinski definition) is 2. The minimum Gasteiger partial charge on any atom is -0.352 e. The van der Waals surface area contributed by atoms with Crippen LogP contribution in [0.15, 0.2) is 59.5 Å². The third-order valence-electron chi connectivity index (χ3n) is 3.90. The number of carbonyl (C=O) groups is 1. The maximum absolute atomic E-state index is 13.0. The van der Waals surface area contributed by atoms with Crippen molar-refractivity contribution < 1.29 is 13.2 Å². The van der Waals surface area contributed by atoms with Crippen molar-refractivity contribution in [2.45, 2.75) is 18.2 Å². The van der Waals surface area contributed by atoms with Gasteiger partial charge in [-0.3, -0.25) is 9.10 Å². The molecular formula is C19H26ClN3O3S. The van der Waals surface area contributed by atoms with Crippen LogP contribution in [0.25, 0.3) is 0 Å². The number of anilines is 1. The topological polar surface area (TPSA) is 78.5 Å². The van der Waals surface area contributed by atoms with E-state index >= 15 is 0 Å². The first-order valence-corrected chi connectivity index (χ1v) is 10.1. The predicted molar refractivity (Wildman–Crippen MR) is 111 cm³/mol. The van der Waals surface area contributed by atoms with E-state index in [2.05, 4.69) is 10.6 Å². The number of rotatable bonds is 9. The molecule has 2 aromatic rings. The van der Waals surface area contributed by atoms with Crippen LogP contribution in [0.2, 0.25) is 0 Å². The number of hydrogen-bond acceptors (Lipinski definition) is 4. The zero-order valence-corrected chi connectivity index (χ0v) is 17.1. The Morgan fingerprint density at radius 2 is 1.74 bits per heavy atom. The van der Waals surface area contributed by atoms with E-state index in [1.807, 2.05) is 13.1 Å². The van der Waals surface area contributed by atoms with E-state index in [-0.39, 0.29) is 23.2 Å². The van der Waals surface area contributed by atoms with E-state index in [4.69, 9.17) is 0 Å². The molecule has 2 N–H and O–H groups in total. The normalized spacial score (nSPS) is 10.7. The number of benzene rings is 2. The summed E-state index contributed by atoms with van der Waals surface area (Å²) in [6.07, 6.45) is 0.803. The maximum atomic E-state index is 13.0. The number of carbonyl (C=O) groups excluding carboxylic acids is 1. The van der Waals surface area contributed by atoms with Gasteiger partial charge < -0.3 is 10.6 Å². The zero-order valence-electron chi connectivity index (χ0n) is 15.5. The fourth-order valence-electron chi connectivity index (χ4n) is 2.58. The van der Waals surface area contributed by atoms with Crippen molar-refractivity contribution in [2.24, 2.45) is 0 Å². The third kappa shape index (κ3) is 5.95. The highest BCUT2D eigenvalue weighted by molar-refractivity contribution is 7.92. The molecule has 0 atom stereocenters. The number of amides is 1. The van der Waals surface area contributed by atoms with Crippen LogP contribution in [0, 0.1) is 0 Å². The lowest BCUT2D eigenvalue weighted by atomic mass is 10.2. The van der Waals surface area contributed by atoms with Gasteiger partial charge in [-0.2, -0.15) is 0 Å². The number of sulfonamides is 1. The van der Waals surface area contributed by atoms with Gasteiger partial charge in [0.25, 0.3) is 15.9 Å². The molecule has 0 saturated carbocycles. The molecule has 0 bridgehead atoms. The van der Waals surface area contributed by atoms with Gasteiger partial charge >= 0.3 is 0 Å². The van der Waals surface area contributed by atoms with Crippen LogP contribution in [-0.4, -0.2) is 41.0 Å². The summed E-state index contributed by atoms with van der Waals surface area (Å²) < 4.78 is 27.4. The monoisotopic (exact) mass is 411 g/mol. The Labute approximate surface area is 167 Å². The molecule has 2 rings (SSSR count). The third-order valence-corrected chi connectivity index (χ3v) is 5.80. The summed E-state index contributed by atoms with van der Waals surface area (Å²) in [5.74, 6) is -0.277. The second-order valence-electron chi connectivity index (χ2n) is 5.75. The van der Waals surface area contributed by atoms with E-state index < -0.39 is 10.0 Å². The number of nitrogens with zero attached hydrogens (tertiary/aromatic N) is 1. The summed E-state index contributed by atoms with van der Waals surface area (Å²) >= 11 is 0. The van der Waals surface area contributed by atoms with E-state index in [0.29, 0.717) is 24.3 Å². The molecule has 0 aromatic heterocycles. The van der Waals surface area contributed by atoms with Gasteiger partial charge in [-0.1, -0.05) is 24.3 Å². The SMILES string of the molecule is CCN(c1ccccc1)S(=O)(=O)c1cccc(C(=O)NCCCNC)c1.Cl. The van der Waals surface area contributed by atoms with Gasteiger partial charge in [-0.25, -0.2) is 8.42 Å². The van der Waals surface area contributed by atoms with E-state index in [1.54, 1.807) is 43.3 Å². The summed E-state index contributed by atoms with van der Waals surface area (Å²) in [4.78, 5) is 12.4. The minimum absolute atomic E-state index is 0. The first kappa shape index (κ1) is 23.0. The minimum atomic E-state index is -3.75. The fourth-order valence-corrected chi connectivity index (χ4v) is 4.10. The molecule has 6 nitrogen and oxygen atoms in total. The molecule has 1 amide bonds. The highest BCUT2D eigenvalue weighted by Gasteiger charge is 2.24. The first-order valence-electron chi connectivity index (χ1n) is 8.61. The predicted octanol–water partition coefficient (Wildman–Crippen LogP) is 2.66. The highest BCUT2D eigenvalue weighted by Crippen LogP contribution is 2.23. The van der Waals surface area contributed by atoms with Crippen molar-refractivity contribution in [3.63, 3.8) is 0 Å². The first-order chi connectivity index (χ1) is 12.5. The van der Waals surface area contributed by atoms with E-state index in [0.717, 1.165) is 13.0 Å². The van der Waals surface area contributed by atoms with Crippen molar-refractivity contribution in [3.05, 3.63) is 60.2 Å². The molecule has 0 spiro atoms. The molecule has 148 valence electrons. The van der Waals surface area contributed by atoms with E-state index in [1.165, 1.54) is 16.4 Å². The van der Waals surface area contributed by atoms with Crippen molar-refractivity contribution in [1.82, 2.24) is 10.6 Å². The average Bonchev–Trinajstić information content (AvgIpc) is 2.66. The average molecular weight is 412 g/mol. The van der Waals surface area contributed by atoms with Crippen LogP contribution in [0.5, 0.6) is 0 Å². The molecular weight excluding hydrogens is 386 g/mol. The number of halogens is 1. The Morgan fingerprint density at radius 3 is 2.37 bits per heavy atom. The molecule has 27 heavy (non-hydrogen) atoms. The lowest BCUT2D eigenvalue weighted by molar-refractivity contribution is 0.0953. The van der Waals surface area contributed by atoms with E-state index in [9.17, 15) is 13.2 Å². The molecule has 0 unspecified atom stereocenters. The molecule has 0 radical (unpaired) electrons. The standard InChI is InChI=1S/C19H25N3O3S.ClH/c1-3-22(17-10-5-4-6-11-17)26(24,25)18-12-7-9-16(15-18)19(23)21-14-8-13-20-2;/h4-7,9-12,15,20H,3,8,13-14H2,1-2H3,(H,21,23);1H. The van der Waals surface area contributed by atoms with Crippen LogP contribution >= 0.6 is 12.4 Å². The Bertz CT molecular complexity index is 829. The second kappa shape index (κ2) is 10.9. The van der Waals surface area contributed by atoms with Gasteiger partial charge in [-0.05, 0) is 57.3 Å². The highest BCUT2D eigenvalue weighted by atomic mass is 35.5. The molecule has 0 aliphatic rings. The van der Waals surface area contributed by atoms with Crippen molar-refractivity contribution in [3.8, 4) is 0 Å². The van der Waals surface area contributed by atoms with Crippen LogP contribution in [-0.2, 0) is 10.0 Å². The van der Waals surface area contributed by atoms with Crippen molar-refractivity contribution in [2.75, 3.05) is 31.0 Å². The number of nitrogens with one attached hydrogen (secondary N) is 2. The zero-order chi connectivity index (χ0) is 19.0. The summed E-state index contributed by atoms with van der Waals surface area (Å²) in [6, 6.07) is 15.1. The van der Waals surface area contributed by atoms with Crippen LogP contribution in [0.3, 0.4) is 0 Å². The van der Waals surface area contributed by atoms with Crippen molar-refractivity contribution >= 4 is 34.0 Å². The summed E-state index contributed by atoms with van der Waals surface area (Å²) in [5.41, 5.74) is 0.927. The van der Waals surface area contributed by atoms with Crippen LogP contribution < -0.4 is 14.9 Å². The Kier molecular flexibility index (Phi) is 9.28. The molecule has 0 aliphatic carbocycles. The summed E-state index contributed by atoms with van der Waals surface area (Å²) in [5, 5.41) is 5.81. The second-order valence-corrected chi connectivity index (χ2v) is 7.61. The Hall–Kier alpha value is -2.09. The summed E-state index contributed by atoms with van der Waals surface area (Å²) in [6.45, 7) is 3.41. The molecule has 0 saturated heterocycles. The molecule has 8 heteroatoms. The summed E-state index contributed by atoms with van der Waals surface area (Å²) in [7, 11) is -1.90. The fraction of sp³-hybridized carbons (Fsp3) is 0.316. The van der Waals surface area contributed by atoms with Crippen molar-refractivity contribution in [1.29, 1.82) is 0 Å².